The molecule has 0 saturated carbocycles. The van der Waals surface area contributed by atoms with Gasteiger partial charge in [0.15, 0.2) is 0 Å². The van der Waals surface area contributed by atoms with Crippen molar-refractivity contribution in [3.05, 3.63) is 175 Å². The first-order valence-corrected chi connectivity index (χ1v) is 17.8. The van der Waals surface area contributed by atoms with Crippen molar-refractivity contribution in [1.82, 2.24) is 0 Å². The van der Waals surface area contributed by atoms with Crippen molar-refractivity contribution in [2.24, 2.45) is 0 Å². The second kappa shape index (κ2) is 10.7. The molecule has 0 radical (unpaired) electrons. The molecule has 0 N–H and O–H groups in total. The van der Waals surface area contributed by atoms with Crippen LogP contribution < -0.4 is 4.90 Å². The first-order chi connectivity index (χ1) is 24.1. The number of nitrogens with zero attached hydrogens (tertiary/aromatic N) is 1. The summed E-state index contributed by atoms with van der Waals surface area (Å²) in [6.45, 7) is 4.70. The fourth-order valence-corrected chi connectivity index (χ4v) is 9.43. The Morgan fingerprint density at radius 2 is 1.10 bits per heavy atom. The minimum Gasteiger partial charge on any atom is -0.308 e. The van der Waals surface area contributed by atoms with Crippen LogP contribution in [0.15, 0.2) is 164 Å². The predicted octanol–water partition coefficient (Wildman–Crippen LogP) is 13.8. The molecule has 0 fully saturated rings. The fraction of sp³-hybridized carbons (Fsp3) is 0.0638. The first-order valence-electron chi connectivity index (χ1n) is 17.0. The Morgan fingerprint density at radius 3 is 1.96 bits per heavy atom. The van der Waals surface area contributed by atoms with Crippen LogP contribution >= 0.6 is 11.3 Å². The highest BCUT2D eigenvalue weighted by Crippen LogP contribution is 2.50. The summed E-state index contributed by atoms with van der Waals surface area (Å²) in [5.41, 5.74) is 11.5. The van der Waals surface area contributed by atoms with Crippen LogP contribution in [-0.4, -0.2) is 0 Å². The molecule has 232 valence electrons. The molecule has 0 bridgehead atoms. The van der Waals surface area contributed by atoms with Crippen LogP contribution in [0.5, 0.6) is 0 Å². The van der Waals surface area contributed by atoms with Gasteiger partial charge in [-0.25, -0.2) is 0 Å². The number of fused-ring (bicyclic) bond motifs is 9. The maximum Gasteiger partial charge on any atom is 0.0640 e. The van der Waals surface area contributed by atoms with Crippen LogP contribution in [0.1, 0.15) is 25.0 Å². The first kappa shape index (κ1) is 28.3. The van der Waals surface area contributed by atoms with Gasteiger partial charge in [-0.15, -0.1) is 11.3 Å². The van der Waals surface area contributed by atoms with Gasteiger partial charge in [0.2, 0.25) is 0 Å². The number of anilines is 3. The van der Waals surface area contributed by atoms with E-state index in [1.165, 1.54) is 86.5 Å². The van der Waals surface area contributed by atoms with E-state index in [9.17, 15) is 0 Å². The highest BCUT2D eigenvalue weighted by molar-refractivity contribution is 7.26. The maximum atomic E-state index is 2.48. The van der Waals surface area contributed by atoms with Crippen LogP contribution in [0.25, 0.3) is 64.0 Å². The smallest absolute Gasteiger partial charge is 0.0640 e. The molecule has 49 heavy (non-hydrogen) atoms. The van der Waals surface area contributed by atoms with E-state index in [2.05, 4.69) is 183 Å². The summed E-state index contributed by atoms with van der Waals surface area (Å²) in [5.74, 6) is 0. The Labute approximate surface area is 290 Å². The molecule has 9 aromatic rings. The van der Waals surface area contributed by atoms with E-state index in [4.69, 9.17) is 0 Å². The molecule has 0 atom stereocenters. The van der Waals surface area contributed by atoms with Gasteiger partial charge in [-0.2, -0.15) is 0 Å². The standard InChI is InChI=1S/C47H33NS/c1-47(2)41-19-9-7-15-36(41)37-27-24-31(28-42(37)47)30-22-25-33(26-23-30)48(43-20-11-18-40-39-17-8-10-21-45(39)49-46(40)43)44-29-32-12-3-4-13-34(32)35-14-5-6-16-38(35)44/h3-29H,1-2H3. The van der Waals surface area contributed by atoms with E-state index in [1.54, 1.807) is 0 Å². The lowest BCUT2D eigenvalue weighted by Crippen LogP contribution is -2.14. The van der Waals surface area contributed by atoms with Gasteiger partial charge in [0, 0.05) is 32.0 Å². The molecule has 1 aromatic heterocycles. The topological polar surface area (TPSA) is 3.24 Å². The minimum absolute atomic E-state index is 0.0290. The summed E-state index contributed by atoms with van der Waals surface area (Å²) in [6.07, 6.45) is 0. The van der Waals surface area contributed by atoms with Crippen molar-refractivity contribution < 1.29 is 0 Å². The molecule has 2 heteroatoms. The SMILES string of the molecule is CC1(C)c2ccccc2-c2ccc(-c3ccc(N(c4cc5ccccc5c5ccccc45)c4cccc5c4sc4ccccc45)cc3)cc21. The third-order valence-electron chi connectivity index (χ3n) is 10.7. The molecule has 1 nitrogen and oxygen atoms in total. The average Bonchev–Trinajstić information content (AvgIpc) is 3.65. The molecule has 10 rings (SSSR count). The summed E-state index contributed by atoms with van der Waals surface area (Å²) in [6, 6.07) is 60.6. The van der Waals surface area contributed by atoms with Gasteiger partial charge < -0.3 is 4.90 Å². The van der Waals surface area contributed by atoms with Gasteiger partial charge in [-0.3, -0.25) is 0 Å². The molecule has 0 amide bonds. The lowest BCUT2D eigenvalue weighted by Gasteiger charge is -2.28. The van der Waals surface area contributed by atoms with E-state index in [-0.39, 0.29) is 5.41 Å². The third-order valence-corrected chi connectivity index (χ3v) is 11.9. The highest BCUT2D eigenvalue weighted by atomic mass is 32.1. The van der Waals surface area contributed by atoms with E-state index in [1.807, 2.05) is 11.3 Å². The molecule has 0 unspecified atom stereocenters. The van der Waals surface area contributed by atoms with Crippen LogP contribution in [0.2, 0.25) is 0 Å². The van der Waals surface area contributed by atoms with E-state index in [0.29, 0.717) is 0 Å². The second-order valence-corrected chi connectivity index (χ2v) is 14.8. The maximum absolute atomic E-state index is 2.48. The van der Waals surface area contributed by atoms with Crippen molar-refractivity contribution in [1.29, 1.82) is 0 Å². The van der Waals surface area contributed by atoms with Crippen LogP contribution in [0.4, 0.5) is 17.1 Å². The molecule has 0 saturated heterocycles. The van der Waals surface area contributed by atoms with E-state index < -0.39 is 0 Å². The average molecular weight is 644 g/mol. The quantitative estimate of drug-likeness (QED) is 0.173. The lowest BCUT2D eigenvalue weighted by molar-refractivity contribution is 0.660. The summed E-state index contributed by atoms with van der Waals surface area (Å²) in [7, 11) is 0. The van der Waals surface area contributed by atoms with E-state index >= 15 is 0 Å². The van der Waals surface area contributed by atoms with E-state index in [0.717, 1.165) is 5.69 Å². The zero-order valence-electron chi connectivity index (χ0n) is 27.4. The number of rotatable bonds is 4. The molecule has 8 aromatic carbocycles. The van der Waals surface area contributed by atoms with Crippen molar-refractivity contribution in [2.45, 2.75) is 19.3 Å². The fourth-order valence-electron chi connectivity index (χ4n) is 8.22. The molecule has 1 aliphatic carbocycles. The molecule has 1 aliphatic rings. The van der Waals surface area contributed by atoms with Crippen molar-refractivity contribution in [2.75, 3.05) is 4.90 Å². The third kappa shape index (κ3) is 4.24. The van der Waals surface area contributed by atoms with Gasteiger partial charge in [-0.1, -0.05) is 141 Å². The Balaban J connectivity index is 1.17. The molecule has 0 spiro atoms. The van der Waals surface area contributed by atoms with Crippen molar-refractivity contribution in [3.8, 4) is 22.3 Å². The zero-order chi connectivity index (χ0) is 32.7. The number of hydrogen-bond donors (Lipinski definition) is 0. The van der Waals surface area contributed by atoms with Crippen LogP contribution in [-0.2, 0) is 5.41 Å². The van der Waals surface area contributed by atoms with Crippen molar-refractivity contribution in [3.63, 3.8) is 0 Å². The van der Waals surface area contributed by atoms with Gasteiger partial charge >= 0.3 is 0 Å². The predicted molar refractivity (Wildman–Crippen MR) is 212 cm³/mol. The van der Waals surface area contributed by atoms with Crippen LogP contribution in [0, 0.1) is 0 Å². The Morgan fingerprint density at radius 1 is 0.449 bits per heavy atom. The monoisotopic (exact) mass is 643 g/mol. The number of hydrogen-bond acceptors (Lipinski definition) is 2. The summed E-state index contributed by atoms with van der Waals surface area (Å²) >= 11 is 1.88. The molecule has 0 aliphatic heterocycles. The Hall–Kier alpha value is -5.70. The highest BCUT2D eigenvalue weighted by Gasteiger charge is 2.35. The molecular weight excluding hydrogens is 611 g/mol. The largest absolute Gasteiger partial charge is 0.308 e. The summed E-state index contributed by atoms with van der Waals surface area (Å²) in [4.78, 5) is 2.48. The summed E-state index contributed by atoms with van der Waals surface area (Å²) < 4.78 is 2.61. The number of benzene rings is 8. The van der Waals surface area contributed by atoms with Crippen molar-refractivity contribution >= 4 is 70.1 Å². The Bertz CT molecular complexity index is 2750. The second-order valence-electron chi connectivity index (χ2n) is 13.7. The molecular formula is C47H33NS. The lowest BCUT2D eigenvalue weighted by atomic mass is 9.81. The van der Waals surface area contributed by atoms with Gasteiger partial charge in [0.25, 0.3) is 0 Å². The number of thiophene rings is 1. The van der Waals surface area contributed by atoms with Gasteiger partial charge in [0.05, 0.1) is 16.1 Å². The zero-order valence-corrected chi connectivity index (χ0v) is 28.3. The normalized spacial score (nSPS) is 13.3. The van der Waals surface area contributed by atoms with Crippen LogP contribution in [0.3, 0.4) is 0 Å². The molecule has 1 heterocycles. The Kier molecular flexibility index (Phi) is 6.16. The summed E-state index contributed by atoms with van der Waals surface area (Å²) in [5, 5.41) is 7.63. The minimum atomic E-state index is -0.0290. The van der Waals surface area contributed by atoms with Gasteiger partial charge in [-0.05, 0) is 85.9 Å². The van der Waals surface area contributed by atoms with Gasteiger partial charge in [0.1, 0.15) is 0 Å².